The highest BCUT2D eigenvalue weighted by Crippen LogP contribution is 2.48. The van der Waals surface area contributed by atoms with Crippen LogP contribution in [0.25, 0.3) is 11.3 Å². The van der Waals surface area contributed by atoms with Crippen molar-refractivity contribution in [1.29, 1.82) is 0 Å². The summed E-state index contributed by atoms with van der Waals surface area (Å²) < 4.78 is 53.4. The molecule has 2 aliphatic rings. The first-order valence-corrected chi connectivity index (χ1v) is 17.7. The second-order valence-electron chi connectivity index (χ2n) is 14.8. The fourth-order valence-corrected chi connectivity index (χ4v) is 6.82. The molecule has 0 spiro atoms. The van der Waals surface area contributed by atoms with E-state index in [0.29, 0.717) is 67.2 Å². The highest BCUT2D eigenvalue weighted by Gasteiger charge is 2.53. The van der Waals surface area contributed by atoms with Crippen LogP contribution in [0, 0.1) is 17.8 Å². The molecule has 5 rings (SSSR count). The van der Waals surface area contributed by atoms with E-state index in [1.807, 2.05) is 27.7 Å². The number of fused-ring (bicyclic) bond motifs is 2. The Bertz CT molecular complexity index is 1700. The number of hydrogen-bond acceptors (Lipinski definition) is 10. The lowest BCUT2D eigenvalue weighted by Gasteiger charge is -2.31. The number of alkyl halides is 3. The van der Waals surface area contributed by atoms with E-state index in [-0.39, 0.29) is 48.5 Å². The standard InChI is InChI=1S/C38H48F3N5O7/c1-36(2,12-14-42-35(50)29-20-25-19-28(29)33(48)32(25)47)51-16-13-37(3,4)52-17-15-43-34(49)24-7-5-6-23(18-24)30-21-31(45-22-44-30)46-26-8-10-27(11-9-26)53-38(39,40)41/h5-11,18,21-22,25,28-29,32-33,47-48H,12-17,19-20H2,1-4H3,(H,42,50)(H,43,49)(H,44,45,46)/t25-,28+,29?,32-,33+/m0/s1. The molecule has 15 heteroatoms. The molecule has 288 valence electrons. The number of nitrogens with one attached hydrogen (secondary N) is 3. The van der Waals surface area contributed by atoms with Crippen LogP contribution in [0.4, 0.5) is 24.7 Å². The van der Waals surface area contributed by atoms with E-state index in [0.717, 1.165) is 0 Å². The van der Waals surface area contributed by atoms with Crippen molar-refractivity contribution in [3.8, 4) is 17.0 Å². The molecule has 2 bridgehead atoms. The van der Waals surface area contributed by atoms with Gasteiger partial charge in [0, 0.05) is 41.9 Å². The number of nitrogens with zero attached hydrogens (tertiary/aromatic N) is 2. The quantitative estimate of drug-likeness (QED) is 0.114. The summed E-state index contributed by atoms with van der Waals surface area (Å²) in [5.74, 6) is -0.720. The largest absolute Gasteiger partial charge is 0.573 e. The van der Waals surface area contributed by atoms with Gasteiger partial charge in [-0.2, -0.15) is 0 Å². The zero-order valence-electron chi connectivity index (χ0n) is 30.3. The number of carbonyl (C=O) groups is 2. The first kappa shape index (κ1) is 39.9. The number of hydrogen-bond donors (Lipinski definition) is 5. The average Bonchev–Trinajstić information content (AvgIpc) is 3.66. The van der Waals surface area contributed by atoms with Gasteiger partial charge in [0.15, 0.2) is 0 Å². The smallest absolute Gasteiger partial charge is 0.406 e. The molecule has 2 aromatic carbocycles. The number of aromatic nitrogens is 2. The molecule has 2 aliphatic carbocycles. The molecule has 2 fully saturated rings. The summed E-state index contributed by atoms with van der Waals surface area (Å²) in [6.45, 7) is 9.31. The van der Waals surface area contributed by atoms with Crippen LogP contribution in [0.5, 0.6) is 5.75 Å². The normalized spacial score (nSPS) is 21.3. The minimum absolute atomic E-state index is 0.00143. The van der Waals surface area contributed by atoms with Gasteiger partial charge in [-0.3, -0.25) is 9.59 Å². The number of aliphatic hydroxyl groups excluding tert-OH is 2. The van der Waals surface area contributed by atoms with E-state index in [1.54, 1.807) is 30.3 Å². The van der Waals surface area contributed by atoms with E-state index in [2.05, 4.69) is 30.7 Å². The number of anilines is 2. The molecule has 5 atom stereocenters. The molecular formula is C38H48F3N5O7. The van der Waals surface area contributed by atoms with E-state index >= 15 is 0 Å². The lowest BCUT2D eigenvalue weighted by atomic mass is 9.84. The Labute approximate surface area is 306 Å². The Morgan fingerprint density at radius 3 is 2.26 bits per heavy atom. The van der Waals surface area contributed by atoms with Crippen LogP contribution in [-0.2, 0) is 14.3 Å². The van der Waals surface area contributed by atoms with Gasteiger partial charge in [0.05, 0.1) is 42.3 Å². The SMILES string of the molecule is CC(C)(CCNC(=O)C1C[C@@H]2C[C@H]1[C@@H](O)[C@H]2O)OCCC(C)(C)OCCNC(=O)c1cccc(-c2cc(Nc3ccc(OC(F)(F)F)cc3)ncn2)c1. The maximum Gasteiger partial charge on any atom is 0.573 e. The van der Waals surface area contributed by atoms with Gasteiger partial charge in [-0.15, -0.1) is 13.2 Å². The molecule has 1 unspecified atom stereocenters. The third-order valence-corrected chi connectivity index (χ3v) is 9.81. The van der Waals surface area contributed by atoms with Gasteiger partial charge in [0.1, 0.15) is 17.9 Å². The summed E-state index contributed by atoms with van der Waals surface area (Å²) in [5.41, 5.74) is 1.13. The van der Waals surface area contributed by atoms with Gasteiger partial charge in [0.2, 0.25) is 5.91 Å². The maximum atomic E-state index is 13.0. The number of aliphatic hydroxyl groups is 2. The molecule has 0 radical (unpaired) electrons. The van der Waals surface area contributed by atoms with Gasteiger partial charge in [-0.05, 0) is 102 Å². The summed E-state index contributed by atoms with van der Waals surface area (Å²) in [5, 5.41) is 29.0. The summed E-state index contributed by atoms with van der Waals surface area (Å²) in [7, 11) is 0. The van der Waals surface area contributed by atoms with Crippen molar-refractivity contribution in [3.05, 3.63) is 66.5 Å². The van der Waals surface area contributed by atoms with Gasteiger partial charge in [-0.25, -0.2) is 9.97 Å². The van der Waals surface area contributed by atoms with Crippen molar-refractivity contribution in [2.24, 2.45) is 17.8 Å². The first-order chi connectivity index (χ1) is 25.0. The second kappa shape index (κ2) is 16.8. The number of benzene rings is 2. The average molecular weight is 744 g/mol. The molecule has 2 amide bonds. The van der Waals surface area contributed by atoms with Gasteiger partial charge < -0.3 is 40.4 Å². The van der Waals surface area contributed by atoms with Crippen molar-refractivity contribution < 1.29 is 47.2 Å². The highest BCUT2D eigenvalue weighted by atomic mass is 19.4. The molecule has 2 saturated carbocycles. The number of rotatable bonds is 17. The topological polar surface area (TPSA) is 164 Å². The third-order valence-electron chi connectivity index (χ3n) is 9.81. The van der Waals surface area contributed by atoms with Gasteiger partial charge >= 0.3 is 6.36 Å². The fraction of sp³-hybridized carbons (Fsp3) is 0.526. The zero-order valence-corrected chi connectivity index (χ0v) is 30.3. The van der Waals surface area contributed by atoms with Crippen molar-refractivity contribution in [2.45, 2.75) is 83.2 Å². The highest BCUT2D eigenvalue weighted by molar-refractivity contribution is 5.95. The van der Waals surface area contributed by atoms with E-state index < -0.39 is 29.8 Å². The number of carbonyl (C=O) groups excluding carboxylic acids is 2. The van der Waals surface area contributed by atoms with Gasteiger partial charge in [0.25, 0.3) is 5.91 Å². The van der Waals surface area contributed by atoms with E-state index in [1.165, 1.54) is 30.6 Å². The Morgan fingerprint density at radius 1 is 0.849 bits per heavy atom. The molecular weight excluding hydrogens is 695 g/mol. The van der Waals surface area contributed by atoms with Crippen LogP contribution in [0.15, 0.2) is 60.9 Å². The molecule has 5 N–H and O–H groups in total. The monoisotopic (exact) mass is 743 g/mol. The Morgan fingerprint density at radius 2 is 1.57 bits per heavy atom. The fourth-order valence-electron chi connectivity index (χ4n) is 6.82. The molecule has 3 aromatic rings. The molecule has 1 heterocycles. The summed E-state index contributed by atoms with van der Waals surface area (Å²) in [6.07, 6.45) is -2.45. The minimum Gasteiger partial charge on any atom is -0.406 e. The predicted octanol–water partition coefficient (Wildman–Crippen LogP) is 5.38. The zero-order chi connectivity index (χ0) is 38.4. The van der Waals surface area contributed by atoms with E-state index in [9.17, 15) is 33.0 Å². The van der Waals surface area contributed by atoms with Crippen LogP contribution in [0.3, 0.4) is 0 Å². The summed E-state index contributed by atoms with van der Waals surface area (Å²) >= 11 is 0. The number of ether oxygens (including phenoxy) is 3. The molecule has 12 nitrogen and oxygen atoms in total. The summed E-state index contributed by atoms with van der Waals surface area (Å²) in [4.78, 5) is 34.2. The van der Waals surface area contributed by atoms with Crippen LogP contribution in [0.2, 0.25) is 0 Å². The lowest BCUT2D eigenvalue weighted by molar-refractivity contribution is -0.274. The van der Waals surface area contributed by atoms with Crippen molar-refractivity contribution in [2.75, 3.05) is 31.6 Å². The lowest BCUT2D eigenvalue weighted by Crippen LogP contribution is -2.44. The van der Waals surface area contributed by atoms with Crippen molar-refractivity contribution in [1.82, 2.24) is 20.6 Å². The Balaban J connectivity index is 1.00. The predicted molar refractivity (Wildman–Crippen MR) is 190 cm³/mol. The Hall–Kier alpha value is -4.31. The van der Waals surface area contributed by atoms with Crippen molar-refractivity contribution in [3.63, 3.8) is 0 Å². The number of amides is 2. The maximum absolute atomic E-state index is 13.0. The summed E-state index contributed by atoms with van der Waals surface area (Å²) in [6, 6.07) is 13.8. The molecule has 53 heavy (non-hydrogen) atoms. The second-order valence-corrected chi connectivity index (χ2v) is 14.8. The third kappa shape index (κ3) is 11.3. The van der Waals surface area contributed by atoms with Crippen LogP contribution in [-0.4, -0.2) is 88.1 Å². The molecule has 1 aromatic heterocycles. The first-order valence-electron chi connectivity index (χ1n) is 17.7. The number of halogens is 3. The Kier molecular flexibility index (Phi) is 12.6. The van der Waals surface area contributed by atoms with Crippen LogP contribution < -0.4 is 20.7 Å². The van der Waals surface area contributed by atoms with Crippen LogP contribution >= 0.6 is 0 Å². The molecule has 0 aliphatic heterocycles. The van der Waals surface area contributed by atoms with Crippen molar-refractivity contribution >= 4 is 23.3 Å². The van der Waals surface area contributed by atoms with E-state index in [4.69, 9.17) is 9.47 Å². The minimum atomic E-state index is -4.78. The van der Waals surface area contributed by atoms with Crippen LogP contribution in [0.1, 0.15) is 63.7 Å². The molecule has 0 saturated heterocycles. The van der Waals surface area contributed by atoms with Gasteiger partial charge in [-0.1, -0.05) is 12.1 Å².